The number of carbonyl (C=O) groups excluding carboxylic acids is 2. The molecule has 2 aromatic rings. The lowest BCUT2D eigenvalue weighted by atomic mass is 10.1. The molecule has 7 heteroatoms. The van der Waals surface area contributed by atoms with E-state index in [9.17, 15) is 9.59 Å². The fraction of sp³-hybridized carbons (Fsp3) is 0.667. The number of nitrogens with zero attached hydrogens (tertiary/aromatic N) is 4. The van der Waals surface area contributed by atoms with Crippen LogP contribution in [0.2, 0.25) is 0 Å². The quantitative estimate of drug-likeness (QED) is 0.774. The summed E-state index contributed by atoms with van der Waals surface area (Å²) < 4.78 is 1.93. The molecule has 0 aromatic carbocycles. The van der Waals surface area contributed by atoms with Crippen LogP contribution in [-0.2, 0) is 16.0 Å². The zero-order valence-corrected chi connectivity index (χ0v) is 18.7. The van der Waals surface area contributed by atoms with E-state index in [1.54, 1.807) is 0 Å². The van der Waals surface area contributed by atoms with Gasteiger partial charge in [-0.1, -0.05) is 12.8 Å². The van der Waals surface area contributed by atoms with Crippen LogP contribution >= 0.6 is 0 Å². The second-order valence-electron chi connectivity index (χ2n) is 9.69. The largest absolute Gasteiger partial charge is 0.353 e. The van der Waals surface area contributed by atoms with Crippen LogP contribution in [0.4, 0.5) is 0 Å². The molecule has 2 amide bonds. The Morgan fingerprint density at radius 3 is 2.65 bits per heavy atom. The predicted octanol–water partition coefficient (Wildman–Crippen LogP) is 3.06. The van der Waals surface area contributed by atoms with Gasteiger partial charge in [-0.3, -0.25) is 9.59 Å². The minimum Gasteiger partial charge on any atom is -0.353 e. The van der Waals surface area contributed by atoms with Crippen molar-refractivity contribution in [2.45, 2.75) is 83.6 Å². The molecule has 7 nitrogen and oxygen atoms in total. The van der Waals surface area contributed by atoms with Crippen LogP contribution in [0.1, 0.15) is 79.9 Å². The topological polar surface area (TPSA) is 79.6 Å². The molecule has 0 radical (unpaired) electrons. The van der Waals surface area contributed by atoms with Gasteiger partial charge in [0.15, 0.2) is 5.65 Å². The minimum absolute atomic E-state index is 0.137. The fourth-order valence-corrected chi connectivity index (χ4v) is 5.30. The Kier molecular flexibility index (Phi) is 5.44. The Hall–Kier alpha value is -2.44. The first-order valence-electron chi connectivity index (χ1n) is 11.9. The normalized spacial score (nSPS) is 21.9. The molecule has 1 unspecified atom stereocenters. The average molecular weight is 424 g/mol. The molecule has 2 saturated carbocycles. The van der Waals surface area contributed by atoms with Gasteiger partial charge in [-0.25, -0.2) is 9.50 Å². The van der Waals surface area contributed by atoms with Crippen LogP contribution in [0.15, 0.2) is 6.07 Å². The summed E-state index contributed by atoms with van der Waals surface area (Å²) in [5, 5.41) is 8.05. The first-order valence-corrected chi connectivity index (χ1v) is 11.9. The van der Waals surface area contributed by atoms with E-state index in [1.807, 2.05) is 16.3 Å². The zero-order chi connectivity index (χ0) is 21.5. The Bertz CT molecular complexity index is 1000. The number of aromatic nitrogens is 3. The SMILES string of the molecule is Cc1nc2cc(C3CCN(C(=O)C4CC4)C3)nn2c(C)c1CCC(=O)NC1CCCC1. The number of aryl methyl sites for hydroxylation is 2. The molecule has 3 fully saturated rings. The Morgan fingerprint density at radius 2 is 1.90 bits per heavy atom. The van der Waals surface area contributed by atoms with E-state index in [4.69, 9.17) is 10.1 Å². The van der Waals surface area contributed by atoms with E-state index in [2.05, 4.69) is 18.3 Å². The lowest BCUT2D eigenvalue weighted by Gasteiger charge is -2.15. The summed E-state index contributed by atoms with van der Waals surface area (Å²) in [4.78, 5) is 31.6. The van der Waals surface area contributed by atoms with E-state index in [-0.39, 0.29) is 17.7 Å². The summed E-state index contributed by atoms with van der Waals surface area (Å²) in [6.45, 7) is 5.70. The third kappa shape index (κ3) is 4.19. The van der Waals surface area contributed by atoms with E-state index < -0.39 is 0 Å². The molecule has 2 aliphatic carbocycles. The van der Waals surface area contributed by atoms with Crippen molar-refractivity contribution in [3.05, 3.63) is 28.7 Å². The summed E-state index contributed by atoms with van der Waals surface area (Å²) in [7, 11) is 0. The van der Waals surface area contributed by atoms with E-state index >= 15 is 0 Å². The first kappa shape index (κ1) is 20.5. The van der Waals surface area contributed by atoms with Gasteiger partial charge >= 0.3 is 0 Å². The van der Waals surface area contributed by atoms with Gasteiger partial charge in [-0.05, 0) is 57.9 Å². The molecular weight excluding hydrogens is 390 g/mol. The standard InChI is InChI=1S/C24H33N5O2/c1-15-20(9-10-23(30)26-19-5-3-4-6-19)16(2)29-22(25-15)13-21(27-29)18-11-12-28(14-18)24(31)17-7-8-17/h13,17-19H,3-12,14H2,1-2H3,(H,26,30). The summed E-state index contributed by atoms with van der Waals surface area (Å²) in [5.74, 6) is 1.03. The molecule has 1 N–H and O–H groups in total. The Balaban J connectivity index is 1.28. The van der Waals surface area contributed by atoms with E-state index in [1.165, 1.54) is 12.8 Å². The summed E-state index contributed by atoms with van der Waals surface area (Å²) in [6.07, 6.45) is 8.90. The molecule has 3 heterocycles. The van der Waals surface area contributed by atoms with Crippen molar-refractivity contribution in [2.75, 3.05) is 13.1 Å². The molecule has 1 aliphatic heterocycles. The van der Waals surface area contributed by atoms with Crippen molar-refractivity contribution >= 4 is 17.5 Å². The van der Waals surface area contributed by atoms with Gasteiger partial charge in [0.2, 0.25) is 11.8 Å². The smallest absolute Gasteiger partial charge is 0.225 e. The molecular formula is C24H33N5O2. The van der Waals surface area contributed by atoms with Crippen molar-refractivity contribution in [2.24, 2.45) is 5.92 Å². The summed E-state index contributed by atoms with van der Waals surface area (Å²) in [6, 6.07) is 2.44. The highest BCUT2D eigenvalue weighted by atomic mass is 16.2. The van der Waals surface area contributed by atoms with Crippen molar-refractivity contribution in [3.63, 3.8) is 0 Å². The highest BCUT2D eigenvalue weighted by Crippen LogP contribution is 2.35. The van der Waals surface area contributed by atoms with Gasteiger partial charge in [-0.2, -0.15) is 5.10 Å². The van der Waals surface area contributed by atoms with Gasteiger partial charge in [-0.15, -0.1) is 0 Å². The van der Waals surface area contributed by atoms with Crippen LogP contribution in [0.3, 0.4) is 0 Å². The van der Waals surface area contributed by atoms with Crippen molar-refractivity contribution < 1.29 is 9.59 Å². The monoisotopic (exact) mass is 423 g/mol. The summed E-state index contributed by atoms with van der Waals surface area (Å²) >= 11 is 0. The van der Waals surface area contributed by atoms with Crippen molar-refractivity contribution in [1.29, 1.82) is 0 Å². The second-order valence-corrected chi connectivity index (χ2v) is 9.69. The maximum absolute atomic E-state index is 12.4. The van der Waals surface area contributed by atoms with Crippen LogP contribution in [0.25, 0.3) is 5.65 Å². The highest BCUT2D eigenvalue weighted by Gasteiger charge is 2.37. The molecule has 1 saturated heterocycles. The molecule has 1 atom stereocenters. The lowest BCUT2D eigenvalue weighted by Crippen LogP contribution is -2.32. The third-order valence-corrected chi connectivity index (χ3v) is 7.35. The van der Waals surface area contributed by atoms with Gasteiger partial charge in [0.05, 0.1) is 5.69 Å². The average Bonchev–Trinajstić information content (AvgIpc) is 3.12. The second kappa shape index (κ2) is 8.24. The van der Waals surface area contributed by atoms with Gasteiger partial charge < -0.3 is 10.2 Å². The molecule has 31 heavy (non-hydrogen) atoms. The van der Waals surface area contributed by atoms with Crippen LogP contribution < -0.4 is 5.32 Å². The number of likely N-dealkylation sites (tertiary alicyclic amines) is 1. The number of amides is 2. The zero-order valence-electron chi connectivity index (χ0n) is 18.7. The molecule has 166 valence electrons. The number of nitrogens with one attached hydrogen (secondary N) is 1. The number of fused-ring (bicyclic) bond motifs is 1. The number of hydrogen-bond donors (Lipinski definition) is 1. The van der Waals surface area contributed by atoms with Crippen LogP contribution in [0, 0.1) is 19.8 Å². The van der Waals surface area contributed by atoms with Gasteiger partial charge in [0.25, 0.3) is 0 Å². The van der Waals surface area contributed by atoms with Crippen molar-refractivity contribution in [3.8, 4) is 0 Å². The van der Waals surface area contributed by atoms with Crippen molar-refractivity contribution in [1.82, 2.24) is 24.8 Å². The molecule has 5 rings (SSSR count). The lowest BCUT2D eigenvalue weighted by molar-refractivity contribution is -0.131. The maximum atomic E-state index is 12.4. The maximum Gasteiger partial charge on any atom is 0.225 e. The molecule has 0 spiro atoms. The number of rotatable bonds is 6. The summed E-state index contributed by atoms with van der Waals surface area (Å²) in [5.41, 5.74) is 5.03. The minimum atomic E-state index is 0.137. The molecule has 3 aliphatic rings. The van der Waals surface area contributed by atoms with Gasteiger partial charge in [0.1, 0.15) is 0 Å². The number of hydrogen-bond acceptors (Lipinski definition) is 4. The first-order chi connectivity index (χ1) is 15.0. The number of carbonyl (C=O) groups is 2. The van der Waals surface area contributed by atoms with E-state index in [0.717, 1.165) is 73.5 Å². The molecule has 0 bridgehead atoms. The molecule has 2 aromatic heterocycles. The Labute approximate surface area is 183 Å². The predicted molar refractivity (Wildman–Crippen MR) is 118 cm³/mol. The van der Waals surface area contributed by atoms with Gasteiger partial charge in [0, 0.05) is 54.8 Å². The fourth-order valence-electron chi connectivity index (χ4n) is 5.30. The third-order valence-electron chi connectivity index (χ3n) is 7.35. The van der Waals surface area contributed by atoms with Crippen LogP contribution in [-0.4, -0.2) is 50.4 Å². The van der Waals surface area contributed by atoms with E-state index in [0.29, 0.717) is 24.8 Å². The van der Waals surface area contributed by atoms with Crippen LogP contribution in [0.5, 0.6) is 0 Å². The Morgan fingerprint density at radius 1 is 1.13 bits per heavy atom. The highest BCUT2D eigenvalue weighted by molar-refractivity contribution is 5.81.